The average molecular weight is 412 g/mol. The number of allylic oxidation sites excluding steroid dienone is 2. The molecular weight excluding hydrogens is 389 g/mol. The minimum Gasteiger partial charge on any atom is -0.494 e. The Labute approximate surface area is 174 Å². The van der Waals surface area contributed by atoms with Crippen LogP contribution >= 0.6 is 0 Å². The number of ether oxygens (including phenoxy) is 2. The first-order valence-corrected chi connectivity index (χ1v) is 9.78. The third-order valence-corrected chi connectivity index (χ3v) is 4.44. The van der Waals surface area contributed by atoms with Crippen LogP contribution in [0, 0.1) is 0 Å². The lowest BCUT2D eigenvalue weighted by molar-refractivity contribution is -0.0690. The first-order valence-electron chi connectivity index (χ1n) is 9.78. The van der Waals surface area contributed by atoms with Crippen LogP contribution in [0.1, 0.15) is 24.5 Å². The number of benzene rings is 3. The maximum atomic E-state index is 13.6. The van der Waals surface area contributed by atoms with Gasteiger partial charge in [0, 0.05) is 0 Å². The predicted octanol–water partition coefficient (Wildman–Crippen LogP) is 7.46. The van der Waals surface area contributed by atoms with Gasteiger partial charge in [-0.05, 0) is 67.3 Å². The molecular formula is C25H23F3O2. The Kier molecular flexibility index (Phi) is 7.17. The van der Waals surface area contributed by atoms with E-state index in [0.717, 1.165) is 5.56 Å². The van der Waals surface area contributed by atoms with Crippen molar-refractivity contribution in [2.75, 3.05) is 6.61 Å². The van der Waals surface area contributed by atoms with Crippen molar-refractivity contribution in [3.8, 4) is 17.2 Å². The fourth-order valence-electron chi connectivity index (χ4n) is 3.07. The molecule has 5 heteroatoms. The maximum absolute atomic E-state index is 13.6. The molecule has 3 aromatic rings. The first kappa shape index (κ1) is 21.5. The number of hydrogen-bond donors (Lipinski definition) is 0. The quantitative estimate of drug-likeness (QED) is 0.382. The molecule has 0 spiro atoms. The third-order valence-electron chi connectivity index (χ3n) is 4.44. The predicted molar refractivity (Wildman–Crippen MR) is 113 cm³/mol. The number of hydrogen-bond acceptors (Lipinski definition) is 2. The molecule has 0 N–H and O–H groups in total. The smallest absolute Gasteiger partial charge is 0.416 e. The molecule has 0 aliphatic carbocycles. The highest BCUT2D eigenvalue weighted by molar-refractivity contribution is 5.70. The van der Waals surface area contributed by atoms with Gasteiger partial charge in [-0.3, -0.25) is 0 Å². The van der Waals surface area contributed by atoms with E-state index in [9.17, 15) is 13.2 Å². The van der Waals surface area contributed by atoms with Gasteiger partial charge in [-0.25, -0.2) is 0 Å². The fourth-order valence-corrected chi connectivity index (χ4v) is 3.07. The second kappa shape index (κ2) is 10.0. The highest BCUT2D eigenvalue weighted by Gasteiger charge is 2.34. The molecule has 0 aliphatic rings. The van der Waals surface area contributed by atoms with E-state index >= 15 is 0 Å². The Balaban J connectivity index is 1.70. The zero-order valence-corrected chi connectivity index (χ0v) is 16.7. The van der Waals surface area contributed by atoms with E-state index in [-0.39, 0.29) is 12.0 Å². The summed E-state index contributed by atoms with van der Waals surface area (Å²) in [4.78, 5) is 0. The molecule has 0 saturated heterocycles. The van der Waals surface area contributed by atoms with Gasteiger partial charge in [0.2, 0.25) is 0 Å². The Morgan fingerprint density at radius 3 is 2.20 bits per heavy atom. The summed E-state index contributed by atoms with van der Waals surface area (Å²) in [6.45, 7) is 2.29. The van der Waals surface area contributed by atoms with Gasteiger partial charge in [-0.2, -0.15) is 13.2 Å². The van der Waals surface area contributed by atoms with Gasteiger partial charge >= 0.3 is 6.18 Å². The Hall–Kier alpha value is -3.21. The van der Waals surface area contributed by atoms with Gasteiger partial charge < -0.3 is 9.47 Å². The van der Waals surface area contributed by atoms with Crippen molar-refractivity contribution in [1.29, 1.82) is 0 Å². The van der Waals surface area contributed by atoms with Crippen molar-refractivity contribution >= 4 is 5.57 Å². The second-order valence-corrected chi connectivity index (χ2v) is 6.67. The molecule has 3 rings (SSSR count). The summed E-state index contributed by atoms with van der Waals surface area (Å²) >= 11 is 0. The standard InChI is InChI=1S/C25H23F3O2/c1-2-29-21-16-14-20(15-17-21)24(25(26,27)28)13-7-9-19-8-6-12-23(18-19)30-22-10-4-3-5-11-22/h3-6,8,10-18H,2,7,9H2,1H3/b24-13-. The first-order chi connectivity index (χ1) is 14.5. The van der Waals surface area contributed by atoms with E-state index in [1.807, 2.05) is 61.5 Å². The van der Waals surface area contributed by atoms with E-state index in [4.69, 9.17) is 9.47 Å². The summed E-state index contributed by atoms with van der Waals surface area (Å²) in [5.74, 6) is 1.92. The number of aryl methyl sites for hydroxylation is 1. The highest BCUT2D eigenvalue weighted by atomic mass is 19.4. The van der Waals surface area contributed by atoms with Crippen LogP contribution in [0.25, 0.3) is 5.57 Å². The van der Waals surface area contributed by atoms with E-state index in [1.54, 1.807) is 12.1 Å². The molecule has 0 atom stereocenters. The van der Waals surface area contributed by atoms with E-state index in [2.05, 4.69) is 0 Å². The Bertz CT molecular complexity index is 962. The zero-order chi connectivity index (χ0) is 21.4. The molecule has 0 radical (unpaired) electrons. The molecule has 3 aromatic carbocycles. The van der Waals surface area contributed by atoms with Crippen LogP contribution in [-0.2, 0) is 6.42 Å². The van der Waals surface area contributed by atoms with Crippen LogP contribution in [0.15, 0.2) is 84.9 Å². The van der Waals surface area contributed by atoms with Crippen LogP contribution in [-0.4, -0.2) is 12.8 Å². The minimum atomic E-state index is -4.43. The summed E-state index contributed by atoms with van der Waals surface area (Å²) < 4.78 is 51.8. The molecule has 0 aliphatic heterocycles. The van der Waals surface area contributed by atoms with Crippen molar-refractivity contribution in [2.45, 2.75) is 25.9 Å². The number of halogens is 3. The van der Waals surface area contributed by atoms with Gasteiger partial charge in [-0.15, -0.1) is 0 Å². The molecule has 0 aromatic heterocycles. The Morgan fingerprint density at radius 2 is 1.53 bits per heavy atom. The van der Waals surface area contributed by atoms with Crippen molar-refractivity contribution in [3.63, 3.8) is 0 Å². The normalized spacial score (nSPS) is 11.9. The molecule has 2 nitrogen and oxygen atoms in total. The largest absolute Gasteiger partial charge is 0.494 e. The summed E-state index contributed by atoms with van der Waals surface area (Å²) in [6, 6.07) is 22.8. The maximum Gasteiger partial charge on any atom is 0.416 e. The second-order valence-electron chi connectivity index (χ2n) is 6.67. The van der Waals surface area contributed by atoms with Gasteiger partial charge in [-0.1, -0.05) is 48.5 Å². The lowest BCUT2D eigenvalue weighted by Gasteiger charge is -2.13. The molecule has 0 saturated carbocycles. The summed E-state index contributed by atoms with van der Waals surface area (Å²) in [6.07, 6.45) is -2.44. The summed E-state index contributed by atoms with van der Waals surface area (Å²) in [5.41, 5.74) is 0.405. The average Bonchev–Trinajstić information content (AvgIpc) is 2.72. The van der Waals surface area contributed by atoms with Crippen molar-refractivity contribution in [1.82, 2.24) is 0 Å². The van der Waals surface area contributed by atoms with Crippen molar-refractivity contribution < 1.29 is 22.6 Å². The number of rotatable bonds is 8. The molecule has 0 amide bonds. The van der Waals surface area contributed by atoms with Gasteiger partial charge in [0.1, 0.15) is 17.2 Å². The van der Waals surface area contributed by atoms with Crippen LogP contribution in [0.2, 0.25) is 0 Å². The van der Waals surface area contributed by atoms with Crippen LogP contribution < -0.4 is 9.47 Å². The van der Waals surface area contributed by atoms with Crippen LogP contribution in [0.4, 0.5) is 13.2 Å². The van der Waals surface area contributed by atoms with Crippen molar-refractivity contribution in [2.24, 2.45) is 0 Å². The zero-order valence-electron chi connectivity index (χ0n) is 16.7. The molecule has 156 valence electrons. The SMILES string of the molecule is CCOc1ccc(/C(=C/CCc2cccc(Oc3ccccc3)c2)C(F)(F)F)cc1. The van der Waals surface area contributed by atoms with Crippen LogP contribution in [0.5, 0.6) is 17.2 Å². The molecule has 0 unspecified atom stereocenters. The third kappa shape index (κ3) is 6.14. The van der Waals surface area contributed by atoms with E-state index < -0.39 is 11.7 Å². The Morgan fingerprint density at radius 1 is 0.833 bits per heavy atom. The summed E-state index contributed by atoms with van der Waals surface area (Å²) in [7, 11) is 0. The van der Waals surface area contributed by atoms with Gasteiger partial charge in [0.25, 0.3) is 0 Å². The number of alkyl halides is 3. The van der Waals surface area contributed by atoms with Crippen LogP contribution in [0.3, 0.4) is 0 Å². The number of para-hydroxylation sites is 1. The molecule has 0 fully saturated rings. The van der Waals surface area contributed by atoms with E-state index in [0.29, 0.717) is 30.3 Å². The lowest BCUT2D eigenvalue weighted by Crippen LogP contribution is -2.11. The van der Waals surface area contributed by atoms with Crippen molar-refractivity contribution in [3.05, 3.63) is 96.1 Å². The lowest BCUT2D eigenvalue weighted by atomic mass is 10.0. The molecule has 30 heavy (non-hydrogen) atoms. The van der Waals surface area contributed by atoms with Gasteiger partial charge in [0.15, 0.2) is 0 Å². The fraction of sp³-hybridized carbons (Fsp3) is 0.200. The topological polar surface area (TPSA) is 18.5 Å². The van der Waals surface area contributed by atoms with E-state index in [1.165, 1.54) is 18.2 Å². The summed E-state index contributed by atoms with van der Waals surface area (Å²) in [5, 5.41) is 0. The monoisotopic (exact) mass is 412 g/mol. The minimum absolute atomic E-state index is 0.132. The highest BCUT2D eigenvalue weighted by Crippen LogP contribution is 2.35. The molecule has 0 bridgehead atoms. The molecule has 0 heterocycles. The van der Waals surface area contributed by atoms with Gasteiger partial charge in [0.05, 0.1) is 12.2 Å².